The number of hydrogen-bond acceptors (Lipinski definition) is 2. The molecule has 0 aliphatic carbocycles. The summed E-state index contributed by atoms with van der Waals surface area (Å²) in [4.78, 5) is 4.10. The second-order valence-electron chi connectivity index (χ2n) is 4.39. The molecule has 1 aromatic heterocycles. The molecule has 94 valence electrons. The normalized spacial score (nSPS) is 12.3. The molecule has 0 amide bonds. The van der Waals surface area contributed by atoms with Crippen LogP contribution in [0, 0.1) is 0 Å². The van der Waals surface area contributed by atoms with Crippen molar-refractivity contribution >= 4 is 15.9 Å². The standard InChI is InChI=1S/C15H16BrNO/c16-14-8-13(10-17-11-14)9-15(18)7-6-12-4-2-1-3-5-12/h1-5,8,10-11,15,18H,6-7,9H2. The van der Waals surface area contributed by atoms with E-state index in [0.29, 0.717) is 6.42 Å². The van der Waals surface area contributed by atoms with E-state index in [9.17, 15) is 5.11 Å². The van der Waals surface area contributed by atoms with Crippen LogP contribution in [0.5, 0.6) is 0 Å². The summed E-state index contributed by atoms with van der Waals surface area (Å²) in [5.41, 5.74) is 2.33. The van der Waals surface area contributed by atoms with Crippen molar-refractivity contribution in [2.24, 2.45) is 0 Å². The molecular weight excluding hydrogens is 290 g/mol. The average molecular weight is 306 g/mol. The second kappa shape index (κ2) is 6.66. The maximum Gasteiger partial charge on any atom is 0.0584 e. The van der Waals surface area contributed by atoms with E-state index < -0.39 is 0 Å². The van der Waals surface area contributed by atoms with Crippen molar-refractivity contribution in [3.05, 3.63) is 64.4 Å². The number of pyridine rings is 1. The van der Waals surface area contributed by atoms with Gasteiger partial charge in [0, 0.05) is 16.9 Å². The van der Waals surface area contributed by atoms with Crippen LogP contribution in [0.3, 0.4) is 0 Å². The summed E-state index contributed by atoms with van der Waals surface area (Å²) in [5, 5.41) is 10.0. The first-order chi connectivity index (χ1) is 8.74. The van der Waals surface area contributed by atoms with Gasteiger partial charge in [-0.05, 0) is 52.4 Å². The molecule has 0 aliphatic heterocycles. The van der Waals surface area contributed by atoms with Crippen molar-refractivity contribution in [1.82, 2.24) is 4.98 Å². The first kappa shape index (κ1) is 13.2. The number of aromatic nitrogens is 1. The van der Waals surface area contributed by atoms with Gasteiger partial charge in [0.2, 0.25) is 0 Å². The molecule has 2 nitrogen and oxygen atoms in total. The smallest absolute Gasteiger partial charge is 0.0584 e. The Morgan fingerprint density at radius 1 is 1.11 bits per heavy atom. The van der Waals surface area contributed by atoms with E-state index in [2.05, 4.69) is 33.0 Å². The molecule has 2 aromatic rings. The summed E-state index contributed by atoms with van der Waals surface area (Å²) >= 11 is 3.38. The van der Waals surface area contributed by atoms with E-state index in [0.717, 1.165) is 22.9 Å². The summed E-state index contributed by atoms with van der Waals surface area (Å²) in [5.74, 6) is 0. The van der Waals surface area contributed by atoms with Gasteiger partial charge < -0.3 is 5.11 Å². The highest BCUT2D eigenvalue weighted by atomic mass is 79.9. The topological polar surface area (TPSA) is 33.1 Å². The number of aliphatic hydroxyl groups is 1. The molecule has 3 heteroatoms. The molecule has 0 radical (unpaired) electrons. The van der Waals surface area contributed by atoms with Crippen molar-refractivity contribution in [2.45, 2.75) is 25.4 Å². The Morgan fingerprint density at radius 2 is 1.89 bits per heavy atom. The van der Waals surface area contributed by atoms with Gasteiger partial charge in [0.25, 0.3) is 0 Å². The lowest BCUT2D eigenvalue weighted by atomic mass is 10.0. The van der Waals surface area contributed by atoms with Gasteiger partial charge in [0.15, 0.2) is 0 Å². The van der Waals surface area contributed by atoms with Crippen LogP contribution in [0.1, 0.15) is 17.5 Å². The number of halogens is 1. The van der Waals surface area contributed by atoms with Gasteiger partial charge in [-0.15, -0.1) is 0 Å². The monoisotopic (exact) mass is 305 g/mol. The second-order valence-corrected chi connectivity index (χ2v) is 5.31. The highest BCUT2D eigenvalue weighted by Crippen LogP contribution is 2.13. The Kier molecular flexibility index (Phi) is 4.90. The SMILES string of the molecule is OC(CCc1ccccc1)Cc1cncc(Br)c1. The zero-order valence-corrected chi connectivity index (χ0v) is 11.7. The van der Waals surface area contributed by atoms with Crippen LogP contribution in [0.25, 0.3) is 0 Å². The zero-order valence-electron chi connectivity index (χ0n) is 10.1. The Bertz CT molecular complexity index is 487. The van der Waals surface area contributed by atoms with Crippen molar-refractivity contribution in [1.29, 1.82) is 0 Å². The Morgan fingerprint density at radius 3 is 2.61 bits per heavy atom. The fourth-order valence-electron chi connectivity index (χ4n) is 1.92. The maximum atomic E-state index is 10.0. The number of benzene rings is 1. The third kappa shape index (κ3) is 4.24. The van der Waals surface area contributed by atoms with Crippen molar-refractivity contribution in [3.63, 3.8) is 0 Å². The molecule has 0 aliphatic rings. The largest absolute Gasteiger partial charge is 0.393 e. The molecule has 18 heavy (non-hydrogen) atoms. The van der Waals surface area contributed by atoms with Gasteiger partial charge in [-0.1, -0.05) is 30.3 Å². The Hall–Kier alpha value is -1.19. The van der Waals surface area contributed by atoms with Crippen LogP contribution in [-0.2, 0) is 12.8 Å². The molecular formula is C15H16BrNO. The zero-order chi connectivity index (χ0) is 12.8. The van der Waals surface area contributed by atoms with Crippen LogP contribution < -0.4 is 0 Å². The lowest BCUT2D eigenvalue weighted by Gasteiger charge is -2.10. The van der Waals surface area contributed by atoms with Crippen molar-refractivity contribution in [3.8, 4) is 0 Å². The van der Waals surface area contributed by atoms with Crippen LogP contribution >= 0.6 is 15.9 Å². The van der Waals surface area contributed by atoms with E-state index in [1.165, 1.54) is 5.56 Å². The number of rotatable bonds is 5. The first-order valence-corrected chi connectivity index (χ1v) is 6.85. The van der Waals surface area contributed by atoms with Gasteiger partial charge in [-0.3, -0.25) is 4.98 Å². The number of aryl methyl sites for hydroxylation is 1. The number of aliphatic hydroxyl groups excluding tert-OH is 1. The third-order valence-corrected chi connectivity index (χ3v) is 3.28. The number of hydrogen-bond donors (Lipinski definition) is 1. The van der Waals surface area contributed by atoms with Crippen molar-refractivity contribution in [2.75, 3.05) is 0 Å². The predicted octanol–water partition coefficient (Wildman–Crippen LogP) is 3.38. The third-order valence-electron chi connectivity index (χ3n) is 2.84. The quantitative estimate of drug-likeness (QED) is 0.918. The van der Waals surface area contributed by atoms with E-state index >= 15 is 0 Å². The molecule has 0 fully saturated rings. The lowest BCUT2D eigenvalue weighted by molar-refractivity contribution is 0.165. The molecule has 1 aromatic carbocycles. The summed E-state index contributed by atoms with van der Waals surface area (Å²) in [6.07, 6.45) is 5.57. The average Bonchev–Trinajstić information content (AvgIpc) is 2.38. The van der Waals surface area contributed by atoms with Crippen LogP contribution in [0.2, 0.25) is 0 Å². The van der Waals surface area contributed by atoms with Gasteiger partial charge in [0.1, 0.15) is 0 Å². The van der Waals surface area contributed by atoms with E-state index in [1.807, 2.05) is 24.3 Å². The molecule has 1 unspecified atom stereocenters. The predicted molar refractivity (Wildman–Crippen MR) is 76.4 cm³/mol. The summed E-state index contributed by atoms with van der Waals surface area (Å²) in [6, 6.07) is 12.2. The summed E-state index contributed by atoms with van der Waals surface area (Å²) < 4.78 is 0.954. The molecule has 1 N–H and O–H groups in total. The highest BCUT2D eigenvalue weighted by molar-refractivity contribution is 9.10. The highest BCUT2D eigenvalue weighted by Gasteiger charge is 2.06. The van der Waals surface area contributed by atoms with E-state index in [4.69, 9.17) is 0 Å². The Labute approximate surface area is 116 Å². The molecule has 2 rings (SSSR count). The number of nitrogens with zero attached hydrogens (tertiary/aromatic N) is 1. The van der Waals surface area contributed by atoms with Gasteiger partial charge in [-0.25, -0.2) is 0 Å². The van der Waals surface area contributed by atoms with E-state index in [1.54, 1.807) is 12.4 Å². The fourth-order valence-corrected chi connectivity index (χ4v) is 2.33. The van der Waals surface area contributed by atoms with Crippen LogP contribution in [-0.4, -0.2) is 16.2 Å². The van der Waals surface area contributed by atoms with Crippen LogP contribution in [0.4, 0.5) is 0 Å². The molecule has 0 saturated heterocycles. The molecule has 0 saturated carbocycles. The minimum Gasteiger partial charge on any atom is -0.393 e. The van der Waals surface area contributed by atoms with Crippen molar-refractivity contribution < 1.29 is 5.11 Å². The summed E-state index contributed by atoms with van der Waals surface area (Å²) in [7, 11) is 0. The lowest BCUT2D eigenvalue weighted by Crippen LogP contribution is -2.11. The molecule has 0 bridgehead atoms. The maximum absolute atomic E-state index is 10.0. The van der Waals surface area contributed by atoms with Gasteiger partial charge in [-0.2, -0.15) is 0 Å². The molecule has 1 atom stereocenters. The Balaban J connectivity index is 1.84. The first-order valence-electron chi connectivity index (χ1n) is 6.05. The fraction of sp³-hybridized carbons (Fsp3) is 0.267. The van der Waals surface area contributed by atoms with Gasteiger partial charge >= 0.3 is 0 Å². The summed E-state index contributed by atoms with van der Waals surface area (Å²) in [6.45, 7) is 0. The molecule has 1 heterocycles. The van der Waals surface area contributed by atoms with E-state index in [-0.39, 0.29) is 6.10 Å². The minimum atomic E-state index is -0.318. The van der Waals surface area contributed by atoms with Crippen LogP contribution in [0.15, 0.2) is 53.3 Å². The molecule has 0 spiro atoms. The van der Waals surface area contributed by atoms with Gasteiger partial charge in [0.05, 0.1) is 6.10 Å². The minimum absolute atomic E-state index is 0.318.